The summed E-state index contributed by atoms with van der Waals surface area (Å²) in [5, 5.41) is 2.48. The van der Waals surface area contributed by atoms with E-state index in [1.54, 1.807) is 24.3 Å². The third kappa shape index (κ3) is 1.51. The van der Waals surface area contributed by atoms with Crippen molar-refractivity contribution >= 4 is 11.0 Å². The molecule has 6 heteroatoms. The minimum atomic E-state index is -0.443. The Labute approximate surface area is 101 Å². The highest BCUT2D eigenvalue weighted by molar-refractivity contribution is 5.71. The van der Waals surface area contributed by atoms with Crippen molar-refractivity contribution in [2.24, 2.45) is 0 Å². The van der Waals surface area contributed by atoms with Crippen molar-refractivity contribution in [2.45, 2.75) is 0 Å². The van der Waals surface area contributed by atoms with Crippen LogP contribution in [0.1, 0.15) is 0 Å². The van der Waals surface area contributed by atoms with Crippen molar-refractivity contribution < 1.29 is 0 Å². The fourth-order valence-electron chi connectivity index (χ4n) is 1.73. The van der Waals surface area contributed by atoms with E-state index in [1.807, 2.05) is 6.07 Å². The molecule has 6 nitrogen and oxygen atoms in total. The van der Waals surface area contributed by atoms with Crippen molar-refractivity contribution in [1.82, 2.24) is 19.7 Å². The smallest absolute Gasteiger partial charge is 0.266 e. The summed E-state index contributed by atoms with van der Waals surface area (Å²) in [4.78, 5) is 31.7. The molecule has 0 aliphatic heterocycles. The van der Waals surface area contributed by atoms with E-state index >= 15 is 0 Å². The normalized spacial score (nSPS) is 10.7. The van der Waals surface area contributed by atoms with Gasteiger partial charge >= 0.3 is 0 Å². The first kappa shape index (κ1) is 10.4. The van der Waals surface area contributed by atoms with E-state index in [-0.39, 0.29) is 11.0 Å². The molecule has 0 saturated carbocycles. The van der Waals surface area contributed by atoms with E-state index in [0.29, 0.717) is 5.69 Å². The summed E-state index contributed by atoms with van der Waals surface area (Å²) in [7, 11) is 0. The average molecular weight is 240 g/mol. The number of hydrogen-bond acceptors (Lipinski definition) is 4. The second-order valence-electron chi connectivity index (χ2n) is 3.67. The Balaban J connectivity index is 2.43. The summed E-state index contributed by atoms with van der Waals surface area (Å²) in [5.74, 6) is 0. The molecule has 0 aliphatic carbocycles. The zero-order chi connectivity index (χ0) is 12.5. The van der Waals surface area contributed by atoms with Gasteiger partial charge in [0.05, 0.1) is 5.69 Å². The molecular formula is C12H8N4O2. The topological polar surface area (TPSA) is 80.6 Å². The second-order valence-corrected chi connectivity index (χ2v) is 3.67. The summed E-state index contributed by atoms with van der Waals surface area (Å²) in [6, 6.07) is 8.83. The SMILES string of the molecule is O=c1[nH]n(-c2ccccc2)c(=O)c2nccnc12. The van der Waals surface area contributed by atoms with Crippen molar-refractivity contribution in [3.05, 3.63) is 63.4 Å². The minimum absolute atomic E-state index is 0.0506. The number of nitrogens with zero attached hydrogens (tertiary/aromatic N) is 3. The number of H-pyrrole nitrogens is 1. The van der Waals surface area contributed by atoms with Crippen LogP contribution < -0.4 is 11.1 Å². The number of para-hydroxylation sites is 1. The van der Waals surface area contributed by atoms with Crippen LogP contribution in [0.4, 0.5) is 0 Å². The van der Waals surface area contributed by atoms with Gasteiger partial charge in [-0.15, -0.1) is 0 Å². The molecule has 0 saturated heterocycles. The lowest BCUT2D eigenvalue weighted by molar-refractivity contribution is 0.795. The highest BCUT2D eigenvalue weighted by atomic mass is 16.2. The van der Waals surface area contributed by atoms with E-state index in [0.717, 1.165) is 0 Å². The van der Waals surface area contributed by atoms with E-state index in [4.69, 9.17) is 0 Å². The number of rotatable bonds is 1. The van der Waals surface area contributed by atoms with Crippen molar-refractivity contribution in [1.29, 1.82) is 0 Å². The maximum absolute atomic E-state index is 12.2. The Morgan fingerprint density at radius 2 is 1.61 bits per heavy atom. The molecule has 3 rings (SSSR count). The molecule has 1 aromatic carbocycles. The molecule has 0 fully saturated rings. The summed E-state index contributed by atoms with van der Waals surface area (Å²) in [6.07, 6.45) is 2.77. The van der Waals surface area contributed by atoms with Gasteiger partial charge in [0.25, 0.3) is 11.1 Å². The monoisotopic (exact) mass is 240 g/mol. The fourth-order valence-corrected chi connectivity index (χ4v) is 1.73. The quantitative estimate of drug-likeness (QED) is 0.670. The molecular weight excluding hydrogens is 232 g/mol. The molecule has 1 N–H and O–H groups in total. The lowest BCUT2D eigenvalue weighted by Crippen LogP contribution is -2.29. The molecule has 88 valence electrons. The van der Waals surface area contributed by atoms with Gasteiger partial charge in [-0.2, -0.15) is 0 Å². The number of fused-ring (bicyclic) bond motifs is 1. The van der Waals surface area contributed by atoms with E-state index < -0.39 is 11.1 Å². The summed E-state index contributed by atoms with van der Waals surface area (Å²) in [6.45, 7) is 0. The minimum Gasteiger partial charge on any atom is -0.266 e. The van der Waals surface area contributed by atoms with E-state index in [2.05, 4.69) is 15.1 Å². The molecule has 0 unspecified atom stereocenters. The summed E-state index contributed by atoms with van der Waals surface area (Å²) in [5.41, 5.74) is -0.155. The Hall–Kier alpha value is -2.76. The van der Waals surface area contributed by atoms with Crippen molar-refractivity contribution in [3.8, 4) is 5.69 Å². The van der Waals surface area contributed by atoms with E-state index in [9.17, 15) is 9.59 Å². The van der Waals surface area contributed by atoms with Crippen molar-refractivity contribution in [3.63, 3.8) is 0 Å². The summed E-state index contributed by atoms with van der Waals surface area (Å²) >= 11 is 0. The zero-order valence-corrected chi connectivity index (χ0v) is 9.20. The van der Waals surface area contributed by atoms with Gasteiger partial charge < -0.3 is 0 Å². The molecule has 0 radical (unpaired) electrons. The Kier molecular flexibility index (Phi) is 2.26. The van der Waals surface area contributed by atoms with Gasteiger partial charge in [0.2, 0.25) is 0 Å². The predicted octanol–water partition coefficient (Wildman–Crippen LogP) is 0.469. The lowest BCUT2D eigenvalue weighted by Gasteiger charge is -2.05. The first-order valence-corrected chi connectivity index (χ1v) is 5.29. The van der Waals surface area contributed by atoms with Crippen LogP contribution in [0, 0.1) is 0 Å². The average Bonchev–Trinajstić information content (AvgIpc) is 2.44. The highest BCUT2D eigenvalue weighted by Crippen LogP contribution is 2.02. The third-order valence-electron chi connectivity index (χ3n) is 2.55. The second kappa shape index (κ2) is 3.92. The Bertz CT molecular complexity index is 821. The Morgan fingerprint density at radius 3 is 2.33 bits per heavy atom. The van der Waals surface area contributed by atoms with Gasteiger partial charge in [-0.3, -0.25) is 14.7 Å². The van der Waals surface area contributed by atoms with Crippen LogP contribution in [-0.4, -0.2) is 19.7 Å². The van der Waals surface area contributed by atoms with Gasteiger partial charge in [0.1, 0.15) is 0 Å². The molecule has 2 heterocycles. The third-order valence-corrected chi connectivity index (χ3v) is 2.55. The number of nitrogens with one attached hydrogen (secondary N) is 1. The van der Waals surface area contributed by atoms with Crippen LogP contribution in [0.2, 0.25) is 0 Å². The van der Waals surface area contributed by atoms with Crippen molar-refractivity contribution in [2.75, 3.05) is 0 Å². The molecule has 0 amide bonds. The van der Waals surface area contributed by atoms with Crippen LogP contribution in [0.5, 0.6) is 0 Å². The molecule has 0 atom stereocenters. The first-order valence-electron chi connectivity index (χ1n) is 5.29. The molecule has 0 spiro atoms. The van der Waals surface area contributed by atoms with Gasteiger partial charge in [-0.05, 0) is 12.1 Å². The van der Waals surface area contributed by atoms with Gasteiger partial charge in [-0.1, -0.05) is 18.2 Å². The van der Waals surface area contributed by atoms with E-state index in [1.165, 1.54) is 17.1 Å². The largest absolute Gasteiger partial charge is 0.298 e. The maximum atomic E-state index is 12.2. The number of hydrogen-bond donors (Lipinski definition) is 1. The molecule has 2 aromatic heterocycles. The molecule has 0 bridgehead atoms. The standard InChI is InChI=1S/C12H8N4O2/c17-11-9-10(14-7-6-13-9)12(18)16(15-11)8-4-2-1-3-5-8/h1-7H,(H,15,17). The lowest BCUT2D eigenvalue weighted by atomic mass is 10.3. The van der Waals surface area contributed by atoms with Crippen LogP contribution in [0.15, 0.2) is 52.3 Å². The summed E-state index contributed by atoms with van der Waals surface area (Å²) < 4.78 is 1.17. The van der Waals surface area contributed by atoms with Crippen LogP contribution in [0.3, 0.4) is 0 Å². The van der Waals surface area contributed by atoms with Gasteiger partial charge in [0, 0.05) is 12.4 Å². The zero-order valence-electron chi connectivity index (χ0n) is 9.20. The van der Waals surface area contributed by atoms with Crippen LogP contribution >= 0.6 is 0 Å². The van der Waals surface area contributed by atoms with Gasteiger partial charge in [-0.25, -0.2) is 14.6 Å². The molecule has 18 heavy (non-hydrogen) atoms. The molecule has 0 aliphatic rings. The first-order chi connectivity index (χ1) is 8.77. The predicted molar refractivity (Wildman–Crippen MR) is 65.8 cm³/mol. The molecule has 3 aromatic rings. The fraction of sp³-hybridized carbons (Fsp3) is 0. The number of aromatic amines is 1. The maximum Gasteiger partial charge on any atom is 0.298 e. The van der Waals surface area contributed by atoms with Crippen LogP contribution in [0.25, 0.3) is 16.7 Å². The number of benzene rings is 1. The number of aromatic nitrogens is 4. The van der Waals surface area contributed by atoms with Crippen LogP contribution in [-0.2, 0) is 0 Å². The Morgan fingerprint density at radius 1 is 0.944 bits per heavy atom. The highest BCUT2D eigenvalue weighted by Gasteiger charge is 2.09. The van der Waals surface area contributed by atoms with Gasteiger partial charge in [0.15, 0.2) is 11.0 Å².